The molecule has 158 valence electrons. The smallest absolute Gasteiger partial charge is 0.221 e. The highest BCUT2D eigenvalue weighted by Crippen LogP contribution is 2.22. The van der Waals surface area contributed by atoms with Crippen molar-refractivity contribution in [1.82, 2.24) is 14.7 Å². The van der Waals surface area contributed by atoms with Crippen LogP contribution in [0.4, 0.5) is 5.13 Å². The highest BCUT2D eigenvalue weighted by atomic mass is 32.1. The molecule has 0 unspecified atom stereocenters. The second-order valence-corrected chi connectivity index (χ2v) is 8.54. The van der Waals surface area contributed by atoms with Gasteiger partial charge < -0.3 is 14.6 Å². The minimum atomic E-state index is 0.111. The minimum absolute atomic E-state index is 0.111. The van der Waals surface area contributed by atoms with Gasteiger partial charge in [0, 0.05) is 37.0 Å². The summed E-state index contributed by atoms with van der Waals surface area (Å²) in [6.45, 7) is 1.16. The second-order valence-electron chi connectivity index (χ2n) is 7.81. The first kappa shape index (κ1) is 20.6. The molecular weight excluding hydrogens is 396 g/mol. The van der Waals surface area contributed by atoms with E-state index in [1.807, 2.05) is 30.3 Å². The van der Waals surface area contributed by atoms with Crippen molar-refractivity contribution in [3.63, 3.8) is 0 Å². The number of hydrogen-bond donors (Lipinski definition) is 1. The third-order valence-corrected chi connectivity index (χ3v) is 6.25. The average Bonchev–Trinajstić information content (AvgIpc) is 3.45. The molecule has 0 spiro atoms. The summed E-state index contributed by atoms with van der Waals surface area (Å²) in [6, 6.07) is 14.4. The maximum atomic E-state index is 12.5. The van der Waals surface area contributed by atoms with Gasteiger partial charge in [0.05, 0.1) is 12.8 Å². The highest BCUT2D eigenvalue weighted by molar-refractivity contribution is 7.09. The monoisotopic (exact) mass is 424 g/mol. The number of benzene rings is 1. The van der Waals surface area contributed by atoms with Gasteiger partial charge in [-0.1, -0.05) is 49.6 Å². The zero-order valence-corrected chi connectivity index (χ0v) is 17.9. The lowest BCUT2D eigenvalue weighted by molar-refractivity contribution is -0.121. The molecule has 2 aromatic heterocycles. The molecule has 0 saturated heterocycles. The van der Waals surface area contributed by atoms with E-state index in [2.05, 4.69) is 26.7 Å². The molecule has 0 radical (unpaired) electrons. The van der Waals surface area contributed by atoms with E-state index in [0.29, 0.717) is 32.0 Å². The van der Waals surface area contributed by atoms with Gasteiger partial charge in [0.25, 0.3) is 0 Å². The summed E-state index contributed by atoms with van der Waals surface area (Å²) in [6.07, 6.45) is 8.71. The number of rotatable bonds is 9. The molecule has 30 heavy (non-hydrogen) atoms. The Bertz CT molecular complexity index is 904. The first-order valence-corrected chi connectivity index (χ1v) is 11.5. The standard InChI is InChI=1S/C23H28N4O2S/c28-22(24-19-10-5-2-6-11-19)13-14-27(17-20-12-7-15-29-20)23-25-21(26-30-23)16-18-8-3-1-4-9-18/h1,3-4,7-9,12,15,19H,2,5-6,10-11,13-14,16-17H2,(H,24,28). The number of furan rings is 1. The predicted molar refractivity (Wildman–Crippen MR) is 119 cm³/mol. The Morgan fingerprint density at radius 2 is 1.97 bits per heavy atom. The normalized spacial score (nSPS) is 14.5. The second kappa shape index (κ2) is 10.4. The fourth-order valence-corrected chi connectivity index (χ4v) is 4.55. The van der Waals surface area contributed by atoms with E-state index >= 15 is 0 Å². The van der Waals surface area contributed by atoms with Crippen molar-refractivity contribution in [2.75, 3.05) is 11.4 Å². The number of carbonyl (C=O) groups is 1. The van der Waals surface area contributed by atoms with Crippen molar-refractivity contribution in [2.45, 2.75) is 57.5 Å². The van der Waals surface area contributed by atoms with Gasteiger partial charge in [-0.25, -0.2) is 4.98 Å². The molecule has 1 fully saturated rings. The summed E-state index contributed by atoms with van der Waals surface area (Å²) in [5.41, 5.74) is 1.19. The number of amides is 1. The molecule has 0 aliphatic heterocycles. The van der Waals surface area contributed by atoms with Gasteiger partial charge in [0.2, 0.25) is 11.0 Å². The molecule has 1 aromatic carbocycles. The Kier molecular flexibility index (Phi) is 7.13. The SMILES string of the molecule is O=C(CCN(Cc1ccco1)c1nc(Cc2ccccc2)ns1)NC1CCCCC1. The third kappa shape index (κ3) is 5.92. The maximum Gasteiger partial charge on any atom is 0.221 e. The third-order valence-electron chi connectivity index (χ3n) is 5.44. The predicted octanol–water partition coefficient (Wildman–Crippen LogP) is 4.57. The van der Waals surface area contributed by atoms with E-state index in [1.54, 1.807) is 6.26 Å². The number of anilines is 1. The Hall–Kier alpha value is -2.67. The molecular formula is C23H28N4O2S. The number of nitrogens with one attached hydrogen (secondary N) is 1. The van der Waals surface area contributed by atoms with Crippen LogP contribution in [0.2, 0.25) is 0 Å². The number of nitrogens with zero attached hydrogens (tertiary/aromatic N) is 3. The van der Waals surface area contributed by atoms with Crippen molar-refractivity contribution in [2.24, 2.45) is 0 Å². The molecule has 4 rings (SSSR count). The molecule has 1 saturated carbocycles. The van der Waals surface area contributed by atoms with Crippen LogP contribution in [0.1, 0.15) is 55.7 Å². The molecule has 0 atom stereocenters. The van der Waals surface area contributed by atoms with Crippen LogP contribution >= 0.6 is 11.5 Å². The Morgan fingerprint density at radius 1 is 1.13 bits per heavy atom. The maximum absolute atomic E-state index is 12.5. The molecule has 6 nitrogen and oxygen atoms in total. The molecule has 2 heterocycles. The van der Waals surface area contributed by atoms with Crippen molar-refractivity contribution in [3.05, 3.63) is 65.9 Å². The van der Waals surface area contributed by atoms with Crippen LogP contribution in [0.25, 0.3) is 0 Å². The first-order valence-electron chi connectivity index (χ1n) is 10.7. The van der Waals surface area contributed by atoms with E-state index in [-0.39, 0.29) is 5.91 Å². The molecule has 7 heteroatoms. The van der Waals surface area contributed by atoms with Crippen LogP contribution in [0.3, 0.4) is 0 Å². The van der Waals surface area contributed by atoms with Crippen LogP contribution < -0.4 is 10.2 Å². The van der Waals surface area contributed by atoms with E-state index < -0.39 is 0 Å². The Morgan fingerprint density at radius 3 is 2.73 bits per heavy atom. The molecule has 1 amide bonds. The minimum Gasteiger partial charge on any atom is -0.467 e. The number of hydrogen-bond acceptors (Lipinski definition) is 6. The molecule has 1 N–H and O–H groups in total. The lowest BCUT2D eigenvalue weighted by Crippen LogP contribution is -2.38. The zero-order chi connectivity index (χ0) is 20.6. The van der Waals surface area contributed by atoms with Gasteiger partial charge in [0.1, 0.15) is 11.6 Å². The van der Waals surface area contributed by atoms with E-state index in [4.69, 9.17) is 9.40 Å². The summed E-state index contributed by atoms with van der Waals surface area (Å²) in [5.74, 6) is 1.76. The summed E-state index contributed by atoms with van der Waals surface area (Å²) in [4.78, 5) is 19.3. The summed E-state index contributed by atoms with van der Waals surface area (Å²) >= 11 is 1.38. The van der Waals surface area contributed by atoms with Crippen LogP contribution in [-0.2, 0) is 17.8 Å². The lowest BCUT2D eigenvalue weighted by atomic mass is 9.95. The first-order chi connectivity index (χ1) is 14.8. The van der Waals surface area contributed by atoms with Crippen LogP contribution in [0.15, 0.2) is 53.1 Å². The highest BCUT2D eigenvalue weighted by Gasteiger charge is 2.19. The largest absolute Gasteiger partial charge is 0.467 e. The summed E-state index contributed by atoms with van der Waals surface area (Å²) in [5, 5.41) is 4.02. The van der Waals surface area contributed by atoms with Crippen molar-refractivity contribution in [1.29, 1.82) is 0 Å². The van der Waals surface area contributed by atoms with Crippen LogP contribution in [0.5, 0.6) is 0 Å². The molecule has 0 bridgehead atoms. The number of aromatic nitrogens is 2. The summed E-state index contributed by atoms with van der Waals surface area (Å²) in [7, 11) is 0. The fourth-order valence-electron chi connectivity index (χ4n) is 3.84. The van der Waals surface area contributed by atoms with Gasteiger partial charge in [-0.2, -0.15) is 4.37 Å². The van der Waals surface area contributed by atoms with Gasteiger partial charge in [-0.05, 0) is 30.5 Å². The Balaban J connectivity index is 1.39. The van der Waals surface area contributed by atoms with Crippen LogP contribution in [-0.4, -0.2) is 27.9 Å². The van der Waals surface area contributed by atoms with Crippen LogP contribution in [0, 0.1) is 0 Å². The van der Waals surface area contributed by atoms with Crippen molar-refractivity contribution < 1.29 is 9.21 Å². The van der Waals surface area contributed by atoms with Crippen molar-refractivity contribution in [3.8, 4) is 0 Å². The van der Waals surface area contributed by atoms with E-state index in [0.717, 1.165) is 29.6 Å². The van der Waals surface area contributed by atoms with Gasteiger partial charge in [-0.15, -0.1) is 0 Å². The summed E-state index contributed by atoms with van der Waals surface area (Å²) < 4.78 is 10.1. The lowest BCUT2D eigenvalue weighted by Gasteiger charge is -2.24. The fraction of sp³-hybridized carbons (Fsp3) is 0.435. The van der Waals surface area contributed by atoms with Gasteiger partial charge in [-0.3, -0.25) is 4.79 Å². The molecule has 1 aliphatic carbocycles. The quantitative estimate of drug-likeness (QED) is 0.545. The molecule has 3 aromatic rings. The van der Waals surface area contributed by atoms with E-state index in [9.17, 15) is 4.79 Å². The number of carbonyl (C=O) groups excluding carboxylic acids is 1. The average molecular weight is 425 g/mol. The zero-order valence-electron chi connectivity index (χ0n) is 17.1. The van der Waals surface area contributed by atoms with Gasteiger partial charge >= 0.3 is 0 Å². The topological polar surface area (TPSA) is 71.3 Å². The molecule has 1 aliphatic rings. The van der Waals surface area contributed by atoms with E-state index in [1.165, 1.54) is 36.4 Å². The van der Waals surface area contributed by atoms with Crippen molar-refractivity contribution >= 4 is 22.6 Å². The Labute approximate surface area is 181 Å². The van der Waals surface area contributed by atoms with Gasteiger partial charge in [0.15, 0.2) is 0 Å².